The van der Waals surface area contributed by atoms with Crippen molar-refractivity contribution in [3.05, 3.63) is 102 Å². The van der Waals surface area contributed by atoms with E-state index in [1.807, 2.05) is 42.5 Å². The number of hydrogen-bond acceptors (Lipinski definition) is 5. The molecule has 5 nitrogen and oxygen atoms in total. The van der Waals surface area contributed by atoms with Gasteiger partial charge >= 0.3 is 5.97 Å². The highest BCUT2D eigenvalue weighted by Gasteiger charge is 2.16. The molecule has 0 radical (unpaired) electrons. The molecule has 1 heterocycles. The molecule has 4 aromatic rings. The van der Waals surface area contributed by atoms with Gasteiger partial charge in [0.05, 0.1) is 11.8 Å². The lowest BCUT2D eigenvalue weighted by atomic mass is 10.0. The van der Waals surface area contributed by atoms with Crippen molar-refractivity contribution < 1.29 is 19.1 Å². The Morgan fingerprint density at radius 2 is 1.68 bits per heavy atom. The van der Waals surface area contributed by atoms with E-state index in [1.165, 1.54) is 0 Å². The number of ether oxygens (including phenoxy) is 1. The molecule has 31 heavy (non-hydrogen) atoms. The molecule has 0 spiro atoms. The highest BCUT2D eigenvalue weighted by atomic mass is 16.5. The number of fused-ring (bicyclic) bond motifs is 1. The summed E-state index contributed by atoms with van der Waals surface area (Å²) in [7, 11) is 0. The topological polar surface area (TPSA) is 71.7 Å². The van der Waals surface area contributed by atoms with Crippen molar-refractivity contribution in [3.8, 4) is 5.75 Å². The lowest BCUT2D eigenvalue weighted by molar-refractivity contribution is 0.0734. The van der Waals surface area contributed by atoms with E-state index in [4.69, 9.17) is 9.15 Å². The van der Waals surface area contributed by atoms with E-state index in [0.717, 1.165) is 16.3 Å². The predicted octanol–water partition coefficient (Wildman–Crippen LogP) is 5.08. The van der Waals surface area contributed by atoms with Crippen LogP contribution in [-0.2, 0) is 0 Å². The maximum absolute atomic E-state index is 12.2. The van der Waals surface area contributed by atoms with Crippen molar-refractivity contribution in [1.29, 1.82) is 0 Å². The number of esters is 1. The molecule has 2 N–H and O–H groups in total. The van der Waals surface area contributed by atoms with Crippen molar-refractivity contribution in [3.63, 3.8) is 0 Å². The molecule has 0 aliphatic heterocycles. The van der Waals surface area contributed by atoms with Gasteiger partial charge in [0.25, 0.3) is 0 Å². The van der Waals surface area contributed by atoms with Crippen LogP contribution in [0.5, 0.6) is 5.75 Å². The lowest BCUT2D eigenvalue weighted by Crippen LogP contribution is -2.25. The van der Waals surface area contributed by atoms with Crippen LogP contribution in [-0.4, -0.2) is 24.2 Å². The fraction of sp³-hybridized carbons (Fsp3) is 0.192. The minimum Gasteiger partial charge on any atom is -0.465 e. The van der Waals surface area contributed by atoms with E-state index in [0.29, 0.717) is 30.2 Å². The third-order valence-corrected chi connectivity index (χ3v) is 5.30. The number of carbonyl (C=O) groups is 1. The zero-order valence-corrected chi connectivity index (χ0v) is 17.3. The summed E-state index contributed by atoms with van der Waals surface area (Å²) in [6.45, 7) is 3.19. The second-order valence-electron chi connectivity index (χ2n) is 7.59. The van der Waals surface area contributed by atoms with Gasteiger partial charge < -0.3 is 19.6 Å². The Bertz CT molecular complexity index is 1140. The van der Waals surface area contributed by atoms with Crippen LogP contribution in [0.15, 0.2) is 89.5 Å². The first-order chi connectivity index (χ1) is 15.1. The Hall–Kier alpha value is -3.41. The maximum atomic E-state index is 12.2. The number of aliphatic hydroxyl groups excluding tert-OH is 1. The molecule has 4 rings (SSSR count). The van der Waals surface area contributed by atoms with E-state index in [2.05, 4.69) is 12.2 Å². The average Bonchev–Trinajstić information content (AvgIpc) is 3.24. The van der Waals surface area contributed by atoms with Gasteiger partial charge in [-0.15, -0.1) is 0 Å². The van der Waals surface area contributed by atoms with Gasteiger partial charge in [-0.25, -0.2) is 4.79 Å². The van der Waals surface area contributed by atoms with E-state index in [1.54, 1.807) is 42.7 Å². The van der Waals surface area contributed by atoms with E-state index < -0.39 is 6.10 Å². The highest BCUT2D eigenvalue weighted by molar-refractivity contribution is 5.91. The number of aliphatic hydroxyl groups is 1. The molecule has 2 unspecified atom stereocenters. The molecule has 0 saturated carbocycles. The molecule has 3 aromatic carbocycles. The number of carbonyl (C=O) groups excluding carboxylic acids is 1. The smallest absolute Gasteiger partial charge is 0.343 e. The largest absolute Gasteiger partial charge is 0.465 e. The van der Waals surface area contributed by atoms with Crippen LogP contribution in [0.25, 0.3) is 10.8 Å². The van der Waals surface area contributed by atoms with Gasteiger partial charge in [-0.1, -0.05) is 61.5 Å². The second-order valence-corrected chi connectivity index (χ2v) is 7.59. The Balaban J connectivity index is 1.28. The Morgan fingerprint density at radius 3 is 2.45 bits per heavy atom. The molecule has 2 atom stereocenters. The van der Waals surface area contributed by atoms with Crippen LogP contribution in [0.4, 0.5) is 0 Å². The molecule has 0 bridgehead atoms. The van der Waals surface area contributed by atoms with Crippen LogP contribution in [0.2, 0.25) is 0 Å². The van der Waals surface area contributed by atoms with Crippen molar-refractivity contribution in [2.75, 3.05) is 13.1 Å². The van der Waals surface area contributed by atoms with Gasteiger partial charge in [0.2, 0.25) is 0 Å². The summed E-state index contributed by atoms with van der Waals surface area (Å²) in [5.74, 6) is 0.945. The summed E-state index contributed by atoms with van der Waals surface area (Å²) in [6, 6.07) is 24.2. The summed E-state index contributed by atoms with van der Waals surface area (Å²) in [5, 5.41) is 15.7. The van der Waals surface area contributed by atoms with Crippen LogP contribution in [0.1, 0.15) is 40.6 Å². The monoisotopic (exact) mass is 415 g/mol. The molecule has 0 aliphatic carbocycles. The number of nitrogens with one attached hydrogen (secondary N) is 1. The van der Waals surface area contributed by atoms with Crippen LogP contribution < -0.4 is 10.1 Å². The Morgan fingerprint density at radius 1 is 0.968 bits per heavy atom. The summed E-state index contributed by atoms with van der Waals surface area (Å²) < 4.78 is 11.0. The number of hydrogen-bond donors (Lipinski definition) is 2. The van der Waals surface area contributed by atoms with Crippen LogP contribution in [0, 0.1) is 0 Å². The molecule has 0 fully saturated rings. The number of benzene rings is 3. The molecule has 158 valence electrons. The lowest BCUT2D eigenvalue weighted by Gasteiger charge is -2.15. The summed E-state index contributed by atoms with van der Waals surface area (Å²) in [5.41, 5.74) is 1.64. The molecule has 0 amide bonds. The first-order valence-electron chi connectivity index (χ1n) is 10.3. The fourth-order valence-corrected chi connectivity index (χ4v) is 3.52. The SMILES string of the molecule is CC(CNCC(O)c1occ2ccccc12)c1ccc(OC(=O)c2ccccc2)cc1. The summed E-state index contributed by atoms with van der Waals surface area (Å²) in [6.07, 6.45) is 0.953. The predicted molar refractivity (Wildman–Crippen MR) is 120 cm³/mol. The molecule has 5 heteroatoms. The van der Waals surface area contributed by atoms with Crippen molar-refractivity contribution in [1.82, 2.24) is 5.32 Å². The molecule has 1 aromatic heterocycles. The van der Waals surface area contributed by atoms with Gasteiger partial charge in [0, 0.05) is 23.9 Å². The van der Waals surface area contributed by atoms with E-state index >= 15 is 0 Å². The van der Waals surface area contributed by atoms with Crippen molar-refractivity contribution in [2.24, 2.45) is 0 Å². The summed E-state index contributed by atoms with van der Waals surface area (Å²) in [4.78, 5) is 12.2. The molecule has 0 aliphatic rings. The fourth-order valence-electron chi connectivity index (χ4n) is 3.52. The van der Waals surface area contributed by atoms with Crippen molar-refractivity contribution in [2.45, 2.75) is 18.9 Å². The normalized spacial score (nSPS) is 13.1. The number of furan rings is 1. The van der Waals surface area contributed by atoms with Gasteiger partial charge in [-0.05, 0) is 35.7 Å². The standard InChI is InChI=1S/C26H25NO4/c1-18(15-27-16-24(28)25-23-10-6-5-9-21(23)17-30-25)19-11-13-22(14-12-19)31-26(29)20-7-3-2-4-8-20/h2-14,17-18,24,27-28H,15-16H2,1H3. The second kappa shape index (κ2) is 9.60. The quantitative estimate of drug-likeness (QED) is 0.310. The van der Waals surface area contributed by atoms with Gasteiger partial charge in [-0.2, -0.15) is 0 Å². The molecular formula is C26H25NO4. The molecule has 0 saturated heterocycles. The minimum atomic E-state index is -0.716. The third kappa shape index (κ3) is 5.02. The first-order valence-corrected chi connectivity index (χ1v) is 10.3. The first kappa shape index (κ1) is 20.8. The minimum absolute atomic E-state index is 0.222. The third-order valence-electron chi connectivity index (χ3n) is 5.30. The Labute approximate surface area is 181 Å². The average molecular weight is 415 g/mol. The van der Waals surface area contributed by atoms with Gasteiger partial charge in [0.1, 0.15) is 17.6 Å². The Kier molecular flexibility index (Phi) is 6.46. The zero-order valence-electron chi connectivity index (χ0n) is 17.3. The summed E-state index contributed by atoms with van der Waals surface area (Å²) >= 11 is 0. The highest BCUT2D eigenvalue weighted by Crippen LogP contribution is 2.26. The number of rotatable bonds is 8. The van der Waals surface area contributed by atoms with Crippen LogP contribution >= 0.6 is 0 Å². The van der Waals surface area contributed by atoms with E-state index in [9.17, 15) is 9.90 Å². The van der Waals surface area contributed by atoms with Gasteiger partial charge in [-0.3, -0.25) is 0 Å². The van der Waals surface area contributed by atoms with Crippen LogP contribution in [0.3, 0.4) is 0 Å². The molecular weight excluding hydrogens is 390 g/mol. The zero-order chi connectivity index (χ0) is 21.6. The maximum Gasteiger partial charge on any atom is 0.343 e. The van der Waals surface area contributed by atoms with E-state index in [-0.39, 0.29) is 11.9 Å². The van der Waals surface area contributed by atoms with Crippen molar-refractivity contribution >= 4 is 16.7 Å². The van der Waals surface area contributed by atoms with Gasteiger partial charge in [0.15, 0.2) is 0 Å².